The molecular formula is C59H90N2. The van der Waals surface area contributed by atoms with Crippen LogP contribution in [0.25, 0.3) is 0 Å². The van der Waals surface area contributed by atoms with Crippen molar-refractivity contribution in [3.8, 4) is 0 Å². The van der Waals surface area contributed by atoms with Crippen LogP contribution in [0.5, 0.6) is 0 Å². The maximum Gasteiger partial charge on any atom is 0.0314 e. The van der Waals surface area contributed by atoms with E-state index in [-0.39, 0.29) is 0 Å². The molecule has 0 fully saturated rings. The molecule has 0 amide bonds. The van der Waals surface area contributed by atoms with E-state index in [4.69, 9.17) is 11.5 Å². The average molecular weight is 827 g/mol. The van der Waals surface area contributed by atoms with Gasteiger partial charge in [0.05, 0.1) is 0 Å². The second-order valence-corrected chi connectivity index (χ2v) is 18.8. The summed E-state index contributed by atoms with van der Waals surface area (Å²) in [6, 6.07) is 37.1. The van der Waals surface area contributed by atoms with Crippen LogP contribution in [0.1, 0.15) is 258 Å². The normalized spacial score (nSPS) is 13.0. The highest BCUT2D eigenvalue weighted by molar-refractivity contribution is 5.45. The van der Waals surface area contributed by atoms with Crippen molar-refractivity contribution in [1.82, 2.24) is 0 Å². The van der Waals surface area contributed by atoms with Crippen LogP contribution in [0.3, 0.4) is 0 Å². The minimum Gasteiger partial charge on any atom is -0.399 e. The van der Waals surface area contributed by atoms with Crippen LogP contribution in [-0.4, -0.2) is 0 Å². The Hall–Kier alpha value is -3.52. The minimum atomic E-state index is 0.403. The van der Waals surface area contributed by atoms with Gasteiger partial charge in [0.2, 0.25) is 0 Å². The third-order valence-electron chi connectivity index (χ3n) is 13.7. The Morgan fingerprint density at radius 1 is 0.246 bits per heavy atom. The highest BCUT2D eigenvalue weighted by Crippen LogP contribution is 2.37. The zero-order chi connectivity index (χ0) is 43.2. The summed E-state index contributed by atoms with van der Waals surface area (Å²) < 4.78 is 0. The number of anilines is 2. The molecule has 2 nitrogen and oxygen atoms in total. The van der Waals surface area contributed by atoms with Crippen LogP contribution in [0.2, 0.25) is 0 Å². The summed E-state index contributed by atoms with van der Waals surface area (Å²) in [5.41, 5.74) is 22.6. The zero-order valence-electron chi connectivity index (χ0n) is 39.6. The summed E-state index contributed by atoms with van der Waals surface area (Å²) in [4.78, 5) is 0. The Balaban J connectivity index is 1.48. The lowest BCUT2D eigenvalue weighted by Crippen LogP contribution is -2.06. The van der Waals surface area contributed by atoms with Crippen molar-refractivity contribution in [1.29, 1.82) is 0 Å². The lowest BCUT2D eigenvalue weighted by Gasteiger charge is -2.23. The van der Waals surface area contributed by atoms with E-state index in [2.05, 4.69) is 118 Å². The molecule has 0 aliphatic heterocycles. The molecule has 0 aliphatic rings. The van der Waals surface area contributed by atoms with Crippen molar-refractivity contribution in [2.75, 3.05) is 11.5 Å². The fourth-order valence-corrected chi connectivity index (χ4v) is 9.76. The van der Waals surface area contributed by atoms with Crippen LogP contribution < -0.4 is 11.5 Å². The zero-order valence-corrected chi connectivity index (χ0v) is 39.6. The predicted molar refractivity (Wildman–Crippen MR) is 271 cm³/mol. The Kier molecular flexibility index (Phi) is 25.8. The standard InChI is InChI=1S/C59H90N2/c1-4-7-10-13-16-19-22-25-28-31-58(53-41-45-55(60)46-42-53)51-37-33-49(34-38-51)57(30-27-24-21-18-15-12-9-6-3)50-35-39-52(40-36-50)59(54-43-47-56(61)48-44-54)32-29-26-23-20-17-14-11-8-5-2/h33-48,57-59H,4-32,60-61H2,1-3H3. The fourth-order valence-electron chi connectivity index (χ4n) is 9.76. The molecule has 0 heterocycles. The smallest absolute Gasteiger partial charge is 0.0314 e. The van der Waals surface area contributed by atoms with E-state index >= 15 is 0 Å². The number of rotatable bonds is 35. The highest BCUT2D eigenvalue weighted by Gasteiger charge is 2.20. The van der Waals surface area contributed by atoms with Crippen LogP contribution in [0.4, 0.5) is 11.4 Å². The number of nitrogen functional groups attached to an aromatic ring is 2. The van der Waals surface area contributed by atoms with Gasteiger partial charge in [0, 0.05) is 29.1 Å². The van der Waals surface area contributed by atoms with Crippen molar-refractivity contribution >= 4 is 11.4 Å². The first kappa shape index (κ1) is 50.1. The molecule has 4 rings (SSSR count). The molecule has 0 saturated heterocycles. The first-order chi connectivity index (χ1) is 30.0. The van der Waals surface area contributed by atoms with Gasteiger partial charge in [-0.15, -0.1) is 0 Å². The molecule has 4 aromatic rings. The summed E-state index contributed by atoms with van der Waals surface area (Å²) in [6.07, 6.45) is 38.9. The Morgan fingerprint density at radius 3 is 0.607 bits per heavy atom. The lowest BCUT2D eigenvalue weighted by molar-refractivity contribution is 0.544. The fraction of sp³-hybridized carbons (Fsp3) is 0.593. The van der Waals surface area contributed by atoms with E-state index < -0.39 is 0 Å². The number of unbranched alkanes of at least 4 members (excludes halogenated alkanes) is 23. The molecule has 0 aromatic heterocycles. The van der Waals surface area contributed by atoms with Crippen LogP contribution in [-0.2, 0) is 0 Å². The van der Waals surface area contributed by atoms with Crippen LogP contribution in [0, 0.1) is 0 Å². The largest absolute Gasteiger partial charge is 0.399 e. The molecule has 0 radical (unpaired) electrons. The molecule has 0 spiro atoms. The van der Waals surface area contributed by atoms with E-state index in [9.17, 15) is 0 Å². The third-order valence-corrected chi connectivity index (χ3v) is 13.7. The molecule has 61 heavy (non-hydrogen) atoms. The maximum atomic E-state index is 6.17. The number of hydrogen-bond donors (Lipinski definition) is 2. The Morgan fingerprint density at radius 2 is 0.410 bits per heavy atom. The predicted octanol–water partition coefficient (Wildman–Crippen LogP) is 18.6. The monoisotopic (exact) mass is 827 g/mol. The number of hydrogen-bond acceptors (Lipinski definition) is 2. The van der Waals surface area contributed by atoms with Gasteiger partial charge in [0.1, 0.15) is 0 Å². The summed E-state index contributed by atoms with van der Waals surface area (Å²) in [7, 11) is 0. The molecule has 0 saturated carbocycles. The quantitative estimate of drug-likeness (QED) is 0.0359. The summed E-state index contributed by atoms with van der Waals surface area (Å²) in [6.45, 7) is 6.92. The first-order valence-electron chi connectivity index (χ1n) is 25.9. The molecule has 4 aromatic carbocycles. The SMILES string of the molecule is CCCCCCCCCCCC(c1ccc(N)cc1)c1ccc(C(CCCCCCCCCC)c2ccc(C(CCCCCCCCCCC)c3ccc(N)cc3)cc2)cc1. The van der Waals surface area contributed by atoms with E-state index in [0.717, 1.165) is 11.4 Å². The van der Waals surface area contributed by atoms with Crippen molar-refractivity contribution in [3.63, 3.8) is 0 Å². The maximum absolute atomic E-state index is 6.17. The van der Waals surface area contributed by atoms with E-state index in [1.807, 2.05) is 0 Å². The van der Waals surface area contributed by atoms with E-state index in [1.54, 1.807) is 0 Å². The minimum absolute atomic E-state index is 0.403. The number of benzene rings is 4. The first-order valence-corrected chi connectivity index (χ1v) is 25.9. The average Bonchev–Trinajstić information content (AvgIpc) is 3.28. The van der Waals surface area contributed by atoms with Crippen LogP contribution in [0.15, 0.2) is 97.1 Å². The molecule has 2 unspecified atom stereocenters. The molecule has 0 bridgehead atoms. The highest BCUT2D eigenvalue weighted by atomic mass is 14.5. The topological polar surface area (TPSA) is 52.0 Å². The summed E-state index contributed by atoms with van der Waals surface area (Å²) in [5.74, 6) is 1.21. The number of nitrogens with two attached hydrogens (primary N) is 2. The lowest BCUT2D eigenvalue weighted by atomic mass is 9.81. The van der Waals surface area contributed by atoms with Crippen molar-refractivity contribution in [3.05, 3.63) is 130 Å². The van der Waals surface area contributed by atoms with Gasteiger partial charge < -0.3 is 11.5 Å². The van der Waals surface area contributed by atoms with Gasteiger partial charge in [-0.05, 0) is 76.9 Å². The molecule has 336 valence electrons. The van der Waals surface area contributed by atoms with Gasteiger partial charge >= 0.3 is 0 Å². The van der Waals surface area contributed by atoms with Gasteiger partial charge in [-0.3, -0.25) is 0 Å². The van der Waals surface area contributed by atoms with Crippen LogP contribution >= 0.6 is 0 Å². The van der Waals surface area contributed by atoms with E-state index in [0.29, 0.717) is 17.8 Å². The summed E-state index contributed by atoms with van der Waals surface area (Å²) >= 11 is 0. The van der Waals surface area contributed by atoms with Crippen molar-refractivity contribution < 1.29 is 0 Å². The third kappa shape index (κ3) is 19.6. The molecule has 2 heteroatoms. The summed E-state index contributed by atoms with van der Waals surface area (Å²) in [5, 5.41) is 0. The molecule has 0 aliphatic carbocycles. The van der Waals surface area contributed by atoms with Crippen molar-refractivity contribution in [2.24, 2.45) is 0 Å². The second-order valence-electron chi connectivity index (χ2n) is 18.8. The van der Waals surface area contributed by atoms with Gasteiger partial charge in [-0.25, -0.2) is 0 Å². The Bertz CT molecular complexity index is 1510. The molecule has 2 atom stereocenters. The molecule has 4 N–H and O–H groups in total. The van der Waals surface area contributed by atoms with Gasteiger partial charge in [0.25, 0.3) is 0 Å². The second kappa shape index (κ2) is 31.3. The van der Waals surface area contributed by atoms with Gasteiger partial charge in [0.15, 0.2) is 0 Å². The van der Waals surface area contributed by atoms with Gasteiger partial charge in [-0.2, -0.15) is 0 Å². The molecular weight excluding hydrogens is 737 g/mol. The Labute approximate surface area is 376 Å². The van der Waals surface area contributed by atoms with Gasteiger partial charge in [-0.1, -0.05) is 261 Å². The van der Waals surface area contributed by atoms with Crippen molar-refractivity contribution in [2.45, 2.75) is 225 Å². The van der Waals surface area contributed by atoms with E-state index in [1.165, 1.54) is 220 Å².